The first-order valence-electron chi connectivity index (χ1n) is 11.7. The van der Waals surface area contributed by atoms with Gasteiger partial charge in [0.25, 0.3) is 0 Å². The van der Waals surface area contributed by atoms with Crippen molar-refractivity contribution >= 4 is 11.7 Å². The molecule has 1 atom stereocenters. The molecule has 0 N–H and O–H groups in total. The maximum Gasteiger partial charge on any atom is 0.228 e. The summed E-state index contributed by atoms with van der Waals surface area (Å²) in [6.45, 7) is 2.72. The Morgan fingerprint density at radius 3 is 2.09 bits per heavy atom. The van der Waals surface area contributed by atoms with Crippen LogP contribution in [-0.2, 0) is 17.9 Å². The molecule has 1 aliphatic rings. The normalized spacial score (nSPS) is 15.8. The zero-order valence-electron chi connectivity index (χ0n) is 19.1. The van der Waals surface area contributed by atoms with Gasteiger partial charge in [0.1, 0.15) is 0 Å². The number of aromatic nitrogens is 4. The lowest BCUT2D eigenvalue weighted by molar-refractivity contribution is -0.137. The van der Waals surface area contributed by atoms with Gasteiger partial charge in [0.2, 0.25) is 5.91 Å². The molecule has 34 heavy (non-hydrogen) atoms. The molecule has 172 valence electrons. The van der Waals surface area contributed by atoms with E-state index in [1.165, 1.54) is 0 Å². The average Bonchev–Trinajstić information content (AvgIpc) is 3.45. The van der Waals surface area contributed by atoms with Crippen molar-refractivity contribution in [2.24, 2.45) is 5.92 Å². The maximum atomic E-state index is 13.7. The van der Waals surface area contributed by atoms with Gasteiger partial charge in [-0.25, -0.2) is 4.68 Å². The molecule has 7 heteroatoms. The van der Waals surface area contributed by atoms with Crippen LogP contribution < -0.4 is 4.90 Å². The van der Waals surface area contributed by atoms with Crippen molar-refractivity contribution in [1.82, 2.24) is 24.9 Å². The van der Waals surface area contributed by atoms with E-state index in [-0.39, 0.29) is 11.8 Å². The minimum absolute atomic E-state index is 0.0752. The third kappa shape index (κ3) is 5.14. The molecule has 3 heterocycles. The van der Waals surface area contributed by atoms with Gasteiger partial charge < -0.3 is 9.80 Å². The predicted molar refractivity (Wildman–Crippen MR) is 131 cm³/mol. The van der Waals surface area contributed by atoms with Gasteiger partial charge in [0.05, 0.1) is 5.92 Å². The van der Waals surface area contributed by atoms with Crippen molar-refractivity contribution in [3.8, 4) is 5.82 Å². The van der Waals surface area contributed by atoms with E-state index in [1.54, 1.807) is 10.9 Å². The van der Waals surface area contributed by atoms with Crippen LogP contribution >= 0.6 is 0 Å². The van der Waals surface area contributed by atoms with E-state index < -0.39 is 0 Å². The number of rotatable bonds is 7. The Labute approximate surface area is 199 Å². The molecular formula is C27H28N6O. The number of anilines is 1. The summed E-state index contributed by atoms with van der Waals surface area (Å²) in [5.41, 5.74) is 2.28. The Morgan fingerprint density at radius 2 is 1.50 bits per heavy atom. The second-order valence-corrected chi connectivity index (χ2v) is 8.65. The van der Waals surface area contributed by atoms with E-state index in [9.17, 15) is 4.79 Å². The lowest BCUT2D eigenvalue weighted by Crippen LogP contribution is -2.44. The van der Waals surface area contributed by atoms with Gasteiger partial charge in [-0.3, -0.25) is 4.79 Å². The smallest absolute Gasteiger partial charge is 0.228 e. The van der Waals surface area contributed by atoms with Gasteiger partial charge in [-0.2, -0.15) is 5.10 Å². The third-order valence-electron chi connectivity index (χ3n) is 6.21. The van der Waals surface area contributed by atoms with E-state index in [2.05, 4.69) is 44.5 Å². The van der Waals surface area contributed by atoms with Crippen LogP contribution in [0.4, 0.5) is 5.82 Å². The number of benzene rings is 2. The van der Waals surface area contributed by atoms with Crippen LogP contribution in [0.25, 0.3) is 5.82 Å². The molecule has 4 aromatic rings. The number of amides is 1. The third-order valence-corrected chi connectivity index (χ3v) is 6.21. The first-order valence-corrected chi connectivity index (χ1v) is 11.7. The molecule has 1 amide bonds. The van der Waals surface area contributed by atoms with Crippen LogP contribution in [0, 0.1) is 5.92 Å². The first-order chi connectivity index (χ1) is 16.8. The second-order valence-electron chi connectivity index (χ2n) is 8.65. The van der Waals surface area contributed by atoms with Gasteiger partial charge in [-0.1, -0.05) is 60.7 Å². The Morgan fingerprint density at radius 1 is 0.853 bits per heavy atom. The summed E-state index contributed by atoms with van der Waals surface area (Å²) >= 11 is 0. The van der Waals surface area contributed by atoms with E-state index >= 15 is 0 Å². The summed E-state index contributed by atoms with van der Waals surface area (Å²) in [4.78, 5) is 17.9. The molecule has 7 nitrogen and oxygen atoms in total. The van der Waals surface area contributed by atoms with Crippen molar-refractivity contribution in [1.29, 1.82) is 0 Å². The standard InChI is InChI=1S/C27H28N6O/c34-27(32(19-22-9-3-1-4-10-22)20-23-11-5-2-6-12-23)24-13-7-17-31(21-24)25-14-15-26(30-29-25)33-18-8-16-28-33/h1-6,8-12,14-16,18,24H,7,13,17,19-21H2. The van der Waals surface area contributed by atoms with Crippen LogP contribution in [0.5, 0.6) is 0 Å². The van der Waals surface area contributed by atoms with Crippen molar-refractivity contribution in [3.05, 3.63) is 102 Å². The molecule has 1 saturated heterocycles. The first kappa shape index (κ1) is 21.8. The van der Waals surface area contributed by atoms with Gasteiger partial charge in [-0.15, -0.1) is 10.2 Å². The van der Waals surface area contributed by atoms with E-state index in [0.29, 0.717) is 25.5 Å². The van der Waals surface area contributed by atoms with Crippen LogP contribution in [0.15, 0.2) is 91.3 Å². The van der Waals surface area contributed by atoms with Gasteiger partial charge in [0.15, 0.2) is 11.6 Å². The molecule has 5 rings (SSSR count). The Kier molecular flexibility index (Phi) is 6.61. The molecule has 0 spiro atoms. The molecule has 2 aromatic carbocycles. The maximum absolute atomic E-state index is 13.7. The van der Waals surface area contributed by atoms with Crippen LogP contribution in [0.1, 0.15) is 24.0 Å². The van der Waals surface area contributed by atoms with Gasteiger partial charge >= 0.3 is 0 Å². The van der Waals surface area contributed by atoms with Crippen molar-refractivity contribution in [2.45, 2.75) is 25.9 Å². The molecule has 0 saturated carbocycles. The summed E-state index contributed by atoms with van der Waals surface area (Å²) in [7, 11) is 0. The molecule has 0 bridgehead atoms. The minimum Gasteiger partial charge on any atom is -0.354 e. The number of carbonyl (C=O) groups is 1. The lowest BCUT2D eigenvalue weighted by atomic mass is 9.96. The average molecular weight is 453 g/mol. The predicted octanol–water partition coefficient (Wildman–Crippen LogP) is 4.11. The number of carbonyl (C=O) groups excluding carboxylic acids is 1. The fourth-order valence-corrected chi connectivity index (χ4v) is 4.48. The fraction of sp³-hybridized carbons (Fsp3) is 0.259. The van der Waals surface area contributed by atoms with E-state index in [1.807, 2.05) is 65.7 Å². The molecule has 1 aliphatic heterocycles. The number of piperidine rings is 1. The SMILES string of the molecule is O=C(C1CCCN(c2ccc(-n3cccn3)nn2)C1)N(Cc1ccccc1)Cc1ccccc1. The zero-order valence-corrected chi connectivity index (χ0v) is 19.1. The highest BCUT2D eigenvalue weighted by Crippen LogP contribution is 2.25. The molecule has 0 aliphatic carbocycles. The Hall–Kier alpha value is -4.00. The van der Waals surface area contributed by atoms with Crippen molar-refractivity contribution in [3.63, 3.8) is 0 Å². The quantitative estimate of drug-likeness (QED) is 0.422. The Balaban J connectivity index is 1.31. The monoisotopic (exact) mass is 452 g/mol. The highest BCUT2D eigenvalue weighted by atomic mass is 16.2. The zero-order chi connectivity index (χ0) is 23.2. The van der Waals surface area contributed by atoms with E-state index in [4.69, 9.17) is 0 Å². The van der Waals surface area contributed by atoms with Gasteiger partial charge in [-0.05, 0) is 42.2 Å². The summed E-state index contributed by atoms with van der Waals surface area (Å²) < 4.78 is 1.68. The van der Waals surface area contributed by atoms with Crippen LogP contribution in [-0.4, -0.2) is 43.9 Å². The number of nitrogens with zero attached hydrogens (tertiary/aromatic N) is 6. The highest BCUT2D eigenvalue weighted by molar-refractivity contribution is 5.79. The minimum atomic E-state index is -0.0752. The summed E-state index contributed by atoms with van der Waals surface area (Å²) in [5, 5.41) is 13.0. The topological polar surface area (TPSA) is 67.2 Å². The fourth-order valence-electron chi connectivity index (χ4n) is 4.48. The Bertz CT molecular complexity index is 1140. The largest absolute Gasteiger partial charge is 0.354 e. The summed E-state index contributed by atoms with van der Waals surface area (Å²) in [6.07, 6.45) is 5.39. The molecule has 1 fully saturated rings. The highest BCUT2D eigenvalue weighted by Gasteiger charge is 2.30. The van der Waals surface area contributed by atoms with Crippen LogP contribution in [0.3, 0.4) is 0 Å². The second kappa shape index (κ2) is 10.3. The van der Waals surface area contributed by atoms with E-state index in [0.717, 1.165) is 36.3 Å². The summed E-state index contributed by atoms with van der Waals surface area (Å²) in [5.74, 6) is 1.59. The van der Waals surface area contributed by atoms with Crippen molar-refractivity contribution in [2.75, 3.05) is 18.0 Å². The molecule has 1 unspecified atom stereocenters. The summed E-state index contributed by atoms with van der Waals surface area (Å²) in [6, 6.07) is 26.1. The number of hydrogen-bond donors (Lipinski definition) is 0. The lowest BCUT2D eigenvalue weighted by Gasteiger charge is -2.35. The van der Waals surface area contributed by atoms with Gasteiger partial charge in [0, 0.05) is 38.6 Å². The molecule has 2 aromatic heterocycles. The molecular weight excluding hydrogens is 424 g/mol. The number of hydrogen-bond acceptors (Lipinski definition) is 5. The molecule has 0 radical (unpaired) electrons. The van der Waals surface area contributed by atoms with Crippen LogP contribution in [0.2, 0.25) is 0 Å². The van der Waals surface area contributed by atoms with Crippen molar-refractivity contribution < 1.29 is 4.79 Å².